The van der Waals surface area contributed by atoms with Crippen molar-refractivity contribution < 1.29 is 9.21 Å². The lowest BCUT2D eigenvalue weighted by Crippen LogP contribution is -2.25. The Kier molecular flexibility index (Phi) is 3.91. The third-order valence-corrected chi connectivity index (χ3v) is 3.65. The van der Waals surface area contributed by atoms with Crippen molar-refractivity contribution in [2.75, 3.05) is 6.54 Å². The van der Waals surface area contributed by atoms with E-state index in [4.69, 9.17) is 4.42 Å². The van der Waals surface area contributed by atoms with Crippen LogP contribution < -0.4 is 5.32 Å². The fourth-order valence-electron chi connectivity index (χ4n) is 2.43. The zero-order valence-corrected chi connectivity index (χ0v) is 12.7. The van der Waals surface area contributed by atoms with Crippen molar-refractivity contribution in [2.24, 2.45) is 0 Å². The Balaban J connectivity index is 1.63. The number of hydrogen-bond acceptors (Lipinski definition) is 4. The maximum absolute atomic E-state index is 12.2. The van der Waals surface area contributed by atoms with Crippen LogP contribution in [0.3, 0.4) is 0 Å². The summed E-state index contributed by atoms with van der Waals surface area (Å²) in [6, 6.07) is 5.96. The number of benzene rings is 1. The SMILES string of the molecule is Cc1ccc2c(C)c(C(=O)NCCCn3cnnc3)oc2c1. The maximum atomic E-state index is 12.2. The molecule has 114 valence electrons. The second kappa shape index (κ2) is 6.01. The lowest BCUT2D eigenvalue weighted by molar-refractivity contribution is 0.0926. The van der Waals surface area contributed by atoms with E-state index in [1.807, 2.05) is 36.6 Å². The molecule has 0 radical (unpaired) electrons. The summed E-state index contributed by atoms with van der Waals surface area (Å²) in [7, 11) is 0. The van der Waals surface area contributed by atoms with Gasteiger partial charge in [0.15, 0.2) is 5.76 Å². The Bertz CT molecular complexity index is 790. The first-order valence-electron chi connectivity index (χ1n) is 7.25. The number of aryl methyl sites for hydroxylation is 3. The summed E-state index contributed by atoms with van der Waals surface area (Å²) in [4.78, 5) is 12.2. The van der Waals surface area contributed by atoms with E-state index in [2.05, 4.69) is 15.5 Å². The van der Waals surface area contributed by atoms with Crippen LogP contribution in [-0.4, -0.2) is 27.2 Å². The molecule has 0 aliphatic carbocycles. The molecule has 3 aromatic rings. The van der Waals surface area contributed by atoms with Crippen LogP contribution in [0.4, 0.5) is 0 Å². The standard InChI is InChI=1S/C16H18N4O2/c1-11-4-5-13-12(2)15(22-14(13)8-11)16(21)17-6-3-7-20-9-18-19-10-20/h4-5,8-10H,3,6-7H2,1-2H3,(H,17,21). The van der Waals surface area contributed by atoms with Gasteiger partial charge < -0.3 is 14.3 Å². The molecule has 0 spiro atoms. The molecule has 0 atom stereocenters. The van der Waals surface area contributed by atoms with Crippen molar-refractivity contribution in [3.63, 3.8) is 0 Å². The number of amides is 1. The third kappa shape index (κ3) is 2.86. The Morgan fingerprint density at radius 3 is 2.82 bits per heavy atom. The van der Waals surface area contributed by atoms with E-state index in [0.29, 0.717) is 12.3 Å². The number of carbonyl (C=O) groups is 1. The maximum Gasteiger partial charge on any atom is 0.287 e. The molecule has 22 heavy (non-hydrogen) atoms. The monoisotopic (exact) mass is 298 g/mol. The predicted octanol–water partition coefficient (Wildman–Crippen LogP) is 2.46. The largest absolute Gasteiger partial charge is 0.451 e. The summed E-state index contributed by atoms with van der Waals surface area (Å²) in [5, 5.41) is 11.4. The van der Waals surface area contributed by atoms with Crippen LogP contribution in [-0.2, 0) is 6.54 Å². The normalized spacial score (nSPS) is 11.0. The number of nitrogens with one attached hydrogen (secondary N) is 1. The second-order valence-corrected chi connectivity index (χ2v) is 5.36. The van der Waals surface area contributed by atoms with Crippen LogP contribution in [0.25, 0.3) is 11.0 Å². The van der Waals surface area contributed by atoms with Gasteiger partial charge in [-0.05, 0) is 31.9 Å². The summed E-state index contributed by atoms with van der Waals surface area (Å²) in [5.41, 5.74) is 2.75. The van der Waals surface area contributed by atoms with Crippen molar-refractivity contribution in [2.45, 2.75) is 26.8 Å². The van der Waals surface area contributed by atoms with Crippen LogP contribution in [0.15, 0.2) is 35.3 Å². The molecule has 3 rings (SSSR count). The molecule has 0 saturated heterocycles. The van der Waals surface area contributed by atoms with E-state index in [1.165, 1.54) is 0 Å². The molecule has 6 heteroatoms. The minimum atomic E-state index is -0.171. The minimum Gasteiger partial charge on any atom is -0.451 e. The van der Waals surface area contributed by atoms with E-state index >= 15 is 0 Å². The topological polar surface area (TPSA) is 73.0 Å². The summed E-state index contributed by atoms with van der Waals surface area (Å²) in [6.07, 6.45) is 4.13. The van der Waals surface area contributed by atoms with Crippen LogP contribution >= 0.6 is 0 Å². The first-order valence-corrected chi connectivity index (χ1v) is 7.25. The molecular weight excluding hydrogens is 280 g/mol. The number of fused-ring (bicyclic) bond motifs is 1. The number of aromatic nitrogens is 3. The van der Waals surface area contributed by atoms with Gasteiger partial charge in [0.25, 0.3) is 5.91 Å². The summed E-state index contributed by atoms with van der Waals surface area (Å²) in [6.45, 7) is 5.26. The van der Waals surface area contributed by atoms with E-state index in [-0.39, 0.29) is 5.91 Å². The van der Waals surface area contributed by atoms with Crippen molar-refractivity contribution in [1.82, 2.24) is 20.1 Å². The van der Waals surface area contributed by atoms with Crippen molar-refractivity contribution in [3.8, 4) is 0 Å². The summed E-state index contributed by atoms with van der Waals surface area (Å²) in [5.74, 6) is 0.222. The Labute approximate surface area is 128 Å². The molecular formula is C16H18N4O2. The van der Waals surface area contributed by atoms with E-state index < -0.39 is 0 Å². The van der Waals surface area contributed by atoms with Gasteiger partial charge >= 0.3 is 0 Å². The third-order valence-electron chi connectivity index (χ3n) is 3.65. The lowest BCUT2D eigenvalue weighted by Gasteiger charge is -2.04. The minimum absolute atomic E-state index is 0.171. The fourth-order valence-corrected chi connectivity index (χ4v) is 2.43. The lowest BCUT2D eigenvalue weighted by atomic mass is 10.1. The predicted molar refractivity (Wildman–Crippen MR) is 82.7 cm³/mol. The van der Waals surface area contributed by atoms with Crippen molar-refractivity contribution in [1.29, 1.82) is 0 Å². The van der Waals surface area contributed by atoms with Gasteiger partial charge in [-0.1, -0.05) is 12.1 Å². The molecule has 0 aliphatic heterocycles. The van der Waals surface area contributed by atoms with Gasteiger partial charge in [-0.25, -0.2) is 0 Å². The summed E-state index contributed by atoms with van der Waals surface area (Å²) < 4.78 is 7.58. The van der Waals surface area contributed by atoms with Crippen LogP contribution in [0.2, 0.25) is 0 Å². The highest BCUT2D eigenvalue weighted by Gasteiger charge is 2.17. The fraction of sp³-hybridized carbons (Fsp3) is 0.312. The molecule has 1 amide bonds. The number of carbonyl (C=O) groups excluding carboxylic acids is 1. The van der Waals surface area contributed by atoms with Gasteiger partial charge in [0, 0.05) is 24.0 Å². The van der Waals surface area contributed by atoms with E-state index in [1.54, 1.807) is 12.7 Å². The van der Waals surface area contributed by atoms with E-state index in [0.717, 1.165) is 35.1 Å². The Morgan fingerprint density at radius 2 is 2.05 bits per heavy atom. The number of hydrogen-bond donors (Lipinski definition) is 1. The quantitative estimate of drug-likeness (QED) is 0.734. The molecule has 2 aromatic heterocycles. The average Bonchev–Trinajstić information content (AvgIpc) is 3.11. The van der Waals surface area contributed by atoms with Gasteiger partial charge in [-0.15, -0.1) is 10.2 Å². The van der Waals surface area contributed by atoms with Gasteiger partial charge in [0.1, 0.15) is 18.2 Å². The van der Waals surface area contributed by atoms with Gasteiger partial charge in [-0.3, -0.25) is 4.79 Å². The van der Waals surface area contributed by atoms with Crippen LogP contribution in [0, 0.1) is 13.8 Å². The van der Waals surface area contributed by atoms with Crippen molar-refractivity contribution in [3.05, 3.63) is 47.7 Å². The molecule has 0 unspecified atom stereocenters. The molecule has 0 bridgehead atoms. The first-order chi connectivity index (χ1) is 10.6. The molecule has 0 saturated carbocycles. The van der Waals surface area contributed by atoms with Gasteiger partial charge in [-0.2, -0.15) is 0 Å². The highest BCUT2D eigenvalue weighted by Crippen LogP contribution is 2.25. The zero-order chi connectivity index (χ0) is 15.5. The molecule has 6 nitrogen and oxygen atoms in total. The van der Waals surface area contributed by atoms with Crippen LogP contribution in [0.1, 0.15) is 28.1 Å². The van der Waals surface area contributed by atoms with Gasteiger partial charge in [0.05, 0.1) is 0 Å². The highest BCUT2D eigenvalue weighted by atomic mass is 16.3. The second-order valence-electron chi connectivity index (χ2n) is 5.36. The first kappa shape index (κ1) is 14.3. The number of nitrogens with zero attached hydrogens (tertiary/aromatic N) is 3. The smallest absolute Gasteiger partial charge is 0.287 e. The van der Waals surface area contributed by atoms with E-state index in [9.17, 15) is 4.79 Å². The molecule has 2 heterocycles. The Morgan fingerprint density at radius 1 is 1.27 bits per heavy atom. The zero-order valence-electron chi connectivity index (χ0n) is 12.7. The summed E-state index contributed by atoms with van der Waals surface area (Å²) >= 11 is 0. The number of furan rings is 1. The van der Waals surface area contributed by atoms with Crippen molar-refractivity contribution >= 4 is 16.9 Å². The molecule has 1 N–H and O–H groups in total. The number of rotatable bonds is 5. The Hall–Kier alpha value is -2.63. The van der Waals surface area contributed by atoms with Gasteiger partial charge in [0.2, 0.25) is 0 Å². The molecule has 0 fully saturated rings. The molecule has 0 aliphatic rings. The van der Waals surface area contributed by atoms with Crippen LogP contribution in [0.5, 0.6) is 0 Å². The highest BCUT2D eigenvalue weighted by molar-refractivity contribution is 5.98. The average molecular weight is 298 g/mol. The molecule has 1 aromatic carbocycles.